The van der Waals surface area contributed by atoms with Gasteiger partial charge in [-0.05, 0) is 66.8 Å². The number of hydrogen-bond donors (Lipinski definition) is 2. The van der Waals surface area contributed by atoms with E-state index in [4.69, 9.17) is 6.42 Å². The van der Waals surface area contributed by atoms with E-state index in [1.165, 1.54) is 5.69 Å². The summed E-state index contributed by atoms with van der Waals surface area (Å²) in [6, 6.07) is 18.4. The summed E-state index contributed by atoms with van der Waals surface area (Å²) in [7, 11) is 0. The maximum Gasteiger partial charge on any atom is 0.319 e. The van der Waals surface area contributed by atoms with Gasteiger partial charge in [-0.1, -0.05) is 50.5 Å². The Morgan fingerprint density at radius 3 is 2.24 bits per heavy atom. The SMILES string of the molecule is C#Cc1nccc(C2(NC(=O)Nc3ccc(-c4ccc(N5CCN(CC)CC5)cc4)cc3)CCCCC2)n1. The van der Waals surface area contributed by atoms with Gasteiger partial charge in [-0.25, -0.2) is 14.8 Å². The van der Waals surface area contributed by atoms with Gasteiger partial charge in [0.15, 0.2) is 0 Å². The highest BCUT2D eigenvalue weighted by atomic mass is 16.2. The van der Waals surface area contributed by atoms with Crippen LogP contribution in [0.1, 0.15) is 50.5 Å². The molecule has 1 aliphatic carbocycles. The van der Waals surface area contributed by atoms with Crippen molar-refractivity contribution in [3.05, 3.63) is 72.3 Å². The number of piperazine rings is 1. The van der Waals surface area contributed by atoms with Crippen LogP contribution in [0.5, 0.6) is 0 Å². The molecule has 3 aromatic rings. The third kappa shape index (κ3) is 5.81. The summed E-state index contributed by atoms with van der Waals surface area (Å²) in [6.07, 6.45) is 12.0. The van der Waals surface area contributed by atoms with E-state index < -0.39 is 5.54 Å². The number of carbonyl (C=O) groups excluding carboxylic acids is 1. The molecule has 1 saturated heterocycles. The number of carbonyl (C=O) groups is 1. The molecule has 2 amide bonds. The number of amides is 2. The summed E-state index contributed by atoms with van der Waals surface area (Å²) in [5, 5.41) is 6.23. The Kier molecular flexibility index (Phi) is 7.90. The Balaban J connectivity index is 1.22. The van der Waals surface area contributed by atoms with Crippen LogP contribution in [-0.2, 0) is 5.54 Å². The predicted octanol–water partition coefficient (Wildman–Crippen LogP) is 5.25. The van der Waals surface area contributed by atoms with Gasteiger partial charge in [0, 0.05) is 43.8 Å². The Labute approximate surface area is 225 Å². The van der Waals surface area contributed by atoms with Crippen LogP contribution in [0.4, 0.5) is 16.2 Å². The van der Waals surface area contributed by atoms with E-state index in [1.807, 2.05) is 30.3 Å². The Hall–Kier alpha value is -3.89. The lowest BCUT2D eigenvalue weighted by Gasteiger charge is -2.37. The number of urea groups is 1. The molecule has 0 radical (unpaired) electrons. The number of benzene rings is 2. The Morgan fingerprint density at radius 2 is 1.61 bits per heavy atom. The van der Waals surface area contributed by atoms with E-state index in [-0.39, 0.29) is 6.03 Å². The number of hydrogen-bond acceptors (Lipinski definition) is 5. The van der Waals surface area contributed by atoms with Crippen molar-refractivity contribution < 1.29 is 4.79 Å². The third-order valence-corrected chi connectivity index (χ3v) is 7.86. The van der Waals surface area contributed by atoms with Crippen LogP contribution >= 0.6 is 0 Å². The molecule has 0 atom stereocenters. The maximum absolute atomic E-state index is 13.1. The fraction of sp³-hybridized carbons (Fsp3) is 0.387. The highest BCUT2D eigenvalue weighted by Gasteiger charge is 2.37. The summed E-state index contributed by atoms with van der Waals surface area (Å²) in [6.45, 7) is 7.72. The molecule has 1 saturated carbocycles. The standard InChI is InChI=1S/C31H36N6O/c1-3-29-32-19-16-28(34-29)31(17-6-5-7-18-31)35-30(38)33-26-12-8-24(9-13-26)25-10-14-27(15-11-25)37-22-20-36(4-2)21-23-37/h1,8-16,19H,4-7,17-18,20-23H2,2H3,(H2,33,35,38). The lowest BCUT2D eigenvalue weighted by Crippen LogP contribution is -2.49. The van der Waals surface area contributed by atoms with Gasteiger partial charge in [-0.2, -0.15) is 0 Å². The average Bonchev–Trinajstić information content (AvgIpc) is 2.98. The largest absolute Gasteiger partial charge is 0.369 e. The molecule has 0 spiro atoms. The van der Waals surface area contributed by atoms with E-state index in [0.717, 1.165) is 87.3 Å². The van der Waals surface area contributed by atoms with E-state index in [9.17, 15) is 4.79 Å². The van der Waals surface area contributed by atoms with Crippen molar-refractivity contribution in [2.45, 2.75) is 44.6 Å². The monoisotopic (exact) mass is 508 g/mol. The summed E-state index contributed by atoms with van der Waals surface area (Å²) in [5.74, 6) is 2.85. The summed E-state index contributed by atoms with van der Waals surface area (Å²) in [4.78, 5) is 26.7. The number of terminal acetylenes is 1. The second-order valence-corrected chi connectivity index (χ2v) is 10.2. The maximum atomic E-state index is 13.1. The molecule has 2 fully saturated rings. The smallest absolute Gasteiger partial charge is 0.319 e. The summed E-state index contributed by atoms with van der Waals surface area (Å²) in [5.41, 5.74) is 4.53. The fourth-order valence-corrected chi connectivity index (χ4v) is 5.61. The van der Waals surface area contributed by atoms with Crippen LogP contribution in [0.25, 0.3) is 11.1 Å². The minimum atomic E-state index is -0.540. The van der Waals surface area contributed by atoms with Crippen molar-refractivity contribution in [3.63, 3.8) is 0 Å². The molecule has 2 aromatic carbocycles. The molecule has 1 aromatic heterocycles. The molecular formula is C31H36N6O. The van der Waals surface area contributed by atoms with Crippen LogP contribution in [0.2, 0.25) is 0 Å². The Bertz CT molecular complexity index is 1270. The Morgan fingerprint density at radius 1 is 0.947 bits per heavy atom. The molecule has 1 aliphatic heterocycles. The first-order chi connectivity index (χ1) is 18.6. The topological polar surface area (TPSA) is 73.4 Å². The van der Waals surface area contributed by atoms with Gasteiger partial charge < -0.3 is 20.4 Å². The zero-order chi connectivity index (χ0) is 26.4. The van der Waals surface area contributed by atoms with Crippen molar-refractivity contribution in [2.24, 2.45) is 0 Å². The number of rotatable bonds is 6. The quantitative estimate of drug-likeness (QED) is 0.445. The molecular weight excluding hydrogens is 472 g/mol. The number of nitrogens with zero attached hydrogens (tertiary/aromatic N) is 4. The molecule has 2 heterocycles. The molecule has 7 heteroatoms. The molecule has 2 N–H and O–H groups in total. The van der Waals surface area contributed by atoms with Gasteiger partial charge >= 0.3 is 6.03 Å². The fourth-order valence-electron chi connectivity index (χ4n) is 5.61. The van der Waals surface area contributed by atoms with Crippen molar-refractivity contribution in [1.29, 1.82) is 0 Å². The molecule has 196 valence electrons. The third-order valence-electron chi connectivity index (χ3n) is 7.86. The zero-order valence-electron chi connectivity index (χ0n) is 22.1. The molecule has 2 aliphatic rings. The molecule has 0 unspecified atom stereocenters. The van der Waals surface area contributed by atoms with Gasteiger partial charge in [0.2, 0.25) is 5.82 Å². The van der Waals surface area contributed by atoms with Crippen molar-refractivity contribution >= 4 is 17.4 Å². The first kappa shape index (κ1) is 25.7. The first-order valence-electron chi connectivity index (χ1n) is 13.7. The van der Waals surface area contributed by atoms with Crippen LogP contribution < -0.4 is 15.5 Å². The highest BCUT2D eigenvalue weighted by molar-refractivity contribution is 5.90. The number of anilines is 2. The lowest BCUT2D eigenvalue weighted by atomic mass is 9.79. The zero-order valence-corrected chi connectivity index (χ0v) is 22.1. The molecule has 38 heavy (non-hydrogen) atoms. The van der Waals surface area contributed by atoms with Gasteiger partial charge in [-0.15, -0.1) is 6.42 Å². The van der Waals surface area contributed by atoms with Crippen LogP contribution in [0, 0.1) is 12.3 Å². The summed E-state index contributed by atoms with van der Waals surface area (Å²) < 4.78 is 0. The van der Waals surface area contributed by atoms with Crippen molar-refractivity contribution in [1.82, 2.24) is 20.2 Å². The lowest BCUT2D eigenvalue weighted by molar-refractivity contribution is 0.209. The number of likely N-dealkylation sites (N-methyl/N-ethyl adjacent to an activating group) is 1. The van der Waals surface area contributed by atoms with Gasteiger partial charge in [0.05, 0.1) is 11.2 Å². The van der Waals surface area contributed by atoms with Gasteiger partial charge in [-0.3, -0.25) is 0 Å². The van der Waals surface area contributed by atoms with Gasteiger partial charge in [0.1, 0.15) is 0 Å². The minimum Gasteiger partial charge on any atom is -0.369 e. The second-order valence-electron chi connectivity index (χ2n) is 10.2. The first-order valence-corrected chi connectivity index (χ1v) is 13.7. The second kappa shape index (κ2) is 11.7. The number of nitrogens with one attached hydrogen (secondary N) is 2. The highest BCUT2D eigenvalue weighted by Crippen LogP contribution is 2.36. The predicted molar refractivity (Wildman–Crippen MR) is 153 cm³/mol. The van der Waals surface area contributed by atoms with E-state index in [2.05, 4.69) is 67.5 Å². The van der Waals surface area contributed by atoms with E-state index in [0.29, 0.717) is 5.82 Å². The van der Waals surface area contributed by atoms with Gasteiger partial charge in [0.25, 0.3) is 0 Å². The van der Waals surface area contributed by atoms with Crippen molar-refractivity contribution in [3.8, 4) is 23.5 Å². The van der Waals surface area contributed by atoms with Crippen LogP contribution in [-0.4, -0.2) is 53.6 Å². The van der Waals surface area contributed by atoms with Crippen LogP contribution in [0.15, 0.2) is 60.8 Å². The minimum absolute atomic E-state index is 0.243. The average molecular weight is 509 g/mol. The van der Waals surface area contributed by atoms with E-state index in [1.54, 1.807) is 6.20 Å². The number of aromatic nitrogens is 2. The van der Waals surface area contributed by atoms with Crippen molar-refractivity contribution in [2.75, 3.05) is 42.9 Å². The summed E-state index contributed by atoms with van der Waals surface area (Å²) >= 11 is 0. The van der Waals surface area contributed by atoms with Crippen LogP contribution in [0.3, 0.4) is 0 Å². The molecule has 7 nitrogen and oxygen atoms in total. The molecule has 5 rings (SSSR count). The normalized spacial score (nSPS) is 17.4. The molecule has 0 bridgehead atoms. The van der Waals surface area contributed by atoms with E-state index >= 15 is 0 Å².